The van der Waals surface area contributed by atoms with Crippen molar-refractivity contribution in [3.63, 3.8) is 0 Å². The molecule has 0 saturated heterocycles. The molecule has 24 heavy (non-hydrogen) atoms. The van der Waals surface area contributed by atoms with Crippen LogP contribution in [0.4, 0.5) is 15.3 Å². The average molecular weight is 342 g/mol. The zero-order valence-electron chi connectivity index (χ0n) is 12.9. The normalized spacial score (nSPS) is 10.4. The summed E-state index contributed by atoms with van der Waals surface area (Å²) in [5.41, 5.74) is 1.48. The molecule has 0 fully saturated rings. The van der Waals surface area contributed by atoms with Crippen LogP contribution in [0.15, 0.2) is 48.7 Å². The van der Waals surface area contributed by atoms with E-state index in [4.69, 9.17) is 0 Å². The maximum atomic E-state index is 12.9. The lowest BCUT2D eigenvalue weighted by atomic mass is 10.2. The zero-order valence-corrected chi connectivity index (χ0v) is 13.7. The fourth-order valence-electron chi connectivity index (χ4n) is 2.07. The van der Waals surface area contributed by atoms with E-state index in [1.807, 2.05) is 18.2 Å². The molecule has 7 heteroatoms. The number of thiazole rings is 1. The smallest absolute Gasteiger partial charge is 0.263 e. The van der Waals surface area contributed by atoms with E-state index in [2.05, 4.69) is 20.6 Å². The molecule has 0 unspecified atom stereocenters. The van der Waals surface area contributed by atoms with E-state index in [9.17, 15) is 9.18 Å². The van der Waals surface area contributed by atoms with Crippen molar-refractivity contribution in [1.29, 1.82) is 0 Å². The summed E-state index contributed by atoms with van der Waals surface area (Å²) in [7, 11) is 0. The number of amides is 1. The van der Waals surface area contributed by atoms with Crippen molar-refractivity contribution in [3.8, 4) is 0 Å². The molecule has 0 aliphatic heterocycles. The molecule has 0 radical (unpaired) electrons. The molecule has 0 spiro atoms. The van der Waals surface area contributed by atoms with Crippen LogP contribution in [0.1, 0.15) is 20.9 Å². The number of hydrogen-bond acceptors (Lipinski definition) is 5. The quantitative estimate of drug-likeness (QED) is 0.742. The number of pyridine rings is 1. The number of aromatic nitrogens is 2. The minimum absolute atomic E-state index is 0.205. The molecule has 0 aliphatic carbocycles. The largest absolute Gasteiger partial charge is 0.347 e. The predicted octanol–water partition coefficient (Wildman–Crippen LogP) is 3.66. The van der Waals surface area contributed by atoms with Gasteiger partial charge >= 0.3 is 0 Å². The van der Waals surface area contributed by atoms with Crippen molar-refractivity contribution in [2.24, 2.45) is 0 Å². The summed E-state index contributed by atoms with van der Waals surface area (Å²) in [6.07, 6.45) is 1.68. The van der Waals surface area contributed by atoms with Crippen LogP contribution < -0.4 is 10.6 Å². The maximum absolute atomic E-state index is 12.9. The standard InChI is InChI=1S/C17H15FN4OS/c1-11-15(16(23)20-10-12-5-7-13(18)8-6-12)24-17(21-11)22-14-4-2-3-9-19-14/h2-9H,10H2,1H3,(H,20,23)(H,19,21,22). The Morgan fingerprint density at radius 1 is 1.21 bits per heavy atom. The topological polar surface area (TPSA) is 66.9 Å². The van der Waals surface area contributed by atoms with Crippen molar-refractivity contribution >= 4 is 28.2 Å². The monoisotopic (exact) mass is 342 g/mol. The highest BCUT2D eigenvalue weighted by molar-refractivity contribution is 7.17. The Hall–Kier alpha value is -2.80. The van der Waals surface area contributed by atoms with Gasteiger partial charge in [0, 0.05) is 12.7 Å². The van der Waals surface area contributed by atoms with Gasteiger partial charge in [-0.25, -0.2) is 14.4 Å². The third-order valence-electron chi connectivity index (χ3n) is 3.27. The summed E-state index contributed by atoms with van der Waals surface area (Å²) < 4.78 is 12.9. The highest BCUT2D eigenvalue weighted by Gasteiger charge is 2.15. The molecule has 1 amide bonds. The minimum Gasteiger partial charge on any atom is -0.347 e. The molecule has 0 atom stereocenters. The number of carbonyl (C=O) groups excluding carboxylic acids is 1. The second-order valence-corrected chi connectivity index (χ2v) is 6.08. The molecule has 0 bridgehead atoms. The zero-order chi connectivity index (χ0) is 16.9. The fraction of sp³-hybridized carbons (Fsp3) is 0.118. The number of rotatable bonds is 5. The Bertz CT molecular complexity index is 834. The summed E-state index contributed by atoms with van der Waals surface area (Å²) in [5.74, 6) is 0.168. The van der Waals surface area contributed by atoms with Gasteiger partial charge < -0.3 is 10.6 Å². The van der Waals surface area contributed by atoms with E-state index in [1.54, 1.807) is 25.3 Å². The maximum Gasteiger partial charge on any atom is 0.263 e. The van der Waals surface area contributed by atoms with Crippen LogP contribution >= 0.6 is 11.3 Å². The first-order chi connectivity index (χ1) is 11.6. The lowest BCUT2D eigenvalue weighted by molar-refractivity contribution is 0.0954. The van der Waals surface area contributed by atoms with Crippen LogP contribution in [0, 0.1) is 12.7 Å². The second-order valence-electron chi connectivity index (χ2n) is 5.08. The minimum atomic E-state index is -0.298. The Kier molecular flexibility index (Phi) is 4.81. The van der Waals surface area contributed by atoms with Gasteiger partial charge in [-0.05, 0) is 36.8 Å². The van der Waals surface area contributed by atoms with Crippen molar-refractivity contribution in [2.45, 2.75) is 13.5 Å². The van der Waals surface area contributed by atoms with Gasteiger partial charge in [-0.3, -0.25) is 4.79 Å². The third-order valence-corrected chi connectivity index (χ3v) is 4.34. The van der Waals surface area contributed by atoms with Gasteiger partial charge in [0.05, 0.1) is 5.69 Å². The van der Waals surface area contributed by atoms with E-state index in [1.165, 1.54) is 23.5 Å². The number of aryl methyl sites for hydroxylation is 1. The summed E-state index contributed by atoms with van der Waals surface area (Å²) >= 11 is 1.27. The predicted molar refractivity (Wildman–Crippen MR) is 91.9 cm³/mol. The van der Waals surface area contributed by atoms with Crippen LogP contribution in [-0.2, 0) is 6.54 Å². The Morgan fingerprint density at radius 2 is 2.00 bits per heavy atom. The van der Waals surface area contributed by atoms with Gasteiger partial charge in [-0.2, -0.15) is 0 Å². The van der Waals surface area contributed by atoms with E-state index in [0.29, 0.717) is 28.1 Å². The number of nitrogens with one attached hydrogen (secondary N) is 2. The molecule has 2 N–H and O–H groups in total. The molecule has 122 valence electrons. The van der Waals surface area contributed by atoms with Crippen LogP contribution in [0.3, 0.4) is 0 Å². The van der Waals surface area contributed by atoms with Crippen LogP contribution in [0.25, 0.3) is 0 Å². The number of hydrogen-bond donors (Lipinski definition) is 2. The van der Waals surface area contributed by atoms with Gasteiger partial charge in [0.25, 0.3) is 5.91 Å². The summed E-state index contributed by atoms with van der Waals surface area (Å²) in [6, 6.07) is 11.5. The first-order valence-corrected chi connectivity index (χ1v) is 8.11. The van der Waals surface area contributed by atoms with E-state index < -0.39 is 0 Å². The molecule has 1 aromatic carbocycles. The van der Waals surface area contributed by atoms with Gasteiger partial charge in [0.2, 0.25) is 0 Å². The first kappa shape index (κ1) is 16.1. The SMILES string of the molecule is Cc1nc(Nc2ccccn2)sc1C(=O)NCc1ccc(F)cc1. The number of anilines is 2. The molecular weight excluding hydrogens is 327 g/mol. The first-order valence-electron chi connectivity index (χ1n) is 7.30. The molecule has 0 aliphatic rings. The lowest BCUT2D eigenvalue weighted by Crippen LogP contribution is -2.22. The molecule has 3 rings (SSSR count). The molecule has 2 aromatic heterocycles. The van der Waals surface area contributed by atoms with E-state index in [-0.39, 0.29) is 11.7 Å². The van der Waals surface area contributed by atoms with Gasteiger partial charge in [0.1, 0.15) is 16.5 Å². The summed E-state index contributed by atoms with van der Waals surface area (Å²) in [5, 5.41) is 6.50. The number of halogens is 1. The Morgan fingerprint density at radius 3 is 2.71 bits per heavy atom. The molecule has 3 aromatic rings. The summed E-state index contributed by atoms with van der Waals surface area (Å²) in [6.45, 7) is 2.12. The van der Waals surface area contributed by atoms with Crippen molar-refractivity contribution < 1.29 is 9.18 Å². The second kappa shape index (κ2) is 7.18. The molecule has 2 heterocycles. The van der Waals surface area contributed by atoms with Crippen molar-refractivity contribution in [2.75, 3.05) is 5.32 Å². The van der Waals surface area contributed by atoms with Crippen LogP contribution in [0.5, 0.6) is 0 Å². The third kappa shape index (κ3) is 3.94. The van der Waals surface area contributed by atoms with E-state index >= 15 is 0 Å². The summed E-state index contributed by atoms with van der Waals surface area (Å²) in [4.78, 5) is 21.4. The highest BCUT2D eigenvalue weighted by Crippen LogP contribution is 2.25. The number of benzene rings is 1. The Labute approximate surface area is 142 Å². The average Bonchev–Trinajstić information content (AvgIpc) is 2.95. The fourth-order valence-corrected chi connectivity index (χ4v) is 2.96. The Balaban J connectivity index is 1.65. The molecule has 0 saturated carbocycles. The van der Waals surface area contributed by atoms with Gasteiger partial charge in [-0.1, -0.05) is 29.5 Å². The number of carbonyl (C=O) groups is 1. The van der Waals surface area contributed by atoms with E-state index in [0.717, 1.165) is 5.56 Å². The molecular formula is C17H15FN4OS. The number of nitrogens with zero attached hydrogens (tertiary/aromatic N) is 2. The van der Waals surface area contributed by atoms with Gasteiger partial charge in [-0.15, -0.1) is 0 Å². The lowest BCUT2D eigenvalue weighted by Gasteiger charge is -2.04. The molecule has 5 nitrogen and oxygen atoms in total. The van der Waals surface area contributed by atoms with Crippen LogP contribution in [-0.4, -0.2) is 15.9 Å². The van der Waals surface area contributed by atoms with Crippen LogP contribution in [0.2, 0.25) is 0 Å². The van der Waals surface area contributed by atoms with Gasteiger partial charge in [0.15, 0.2) is 5.13 Å². The van der Waals surface area contributed by atoms with Crippen molar-refractivity contribution in [1.82, 2.24) is 15.3 Å². The van der Waals surface area contributed by atoms with Crippen molar-refractivity contribution in [3.05, 3.63) is 70.6 Å². The highest BCUT2D eigenvalue weighted by atomic mass is 32.1.